The van der Waals surface area contributed by atoms with Gasteiger partial charge in [-0.2, -0.15) is 5.10 Å². The molecule has 0 aliphatic rings. The number of nitro groups is 1. The van der Waals surface area contributed by atoms with Gasteiger partial charge in [-0.3, -0.25) is 19.7 Å². The van der Waals surface area contributed by atoms with Crippen molar-refractivity contribution >= 4 is 39.8 Å². The Bertz CT molecular complexity index is 1440. The van der Waals surface area contributed by atoms with Crippen LogP contribution in [0.25, 0.3) is 16.6 Å². The Labute approximate surface area is 194 Å². The van der Waals surface area contributed by atoms with Crippen molar-refractivity contribution in [2.24, 2.45) is 0 Å². The number of carbonyl (C=O) groups is 2. The number of rotatable bonds is 7. The van der Waals surface area contributed by atoms with Crippen molar-refractivity contribution in [1.82, 2.24) is 14.6 Å². The predicted octanol–water partition coefficient (Wildman–Crippen LogP) is 3.83. The smallest absolute Gasteiger partial charge is 0.306 e. The first-order valence-corrected chi connectivity index (χ1v) is 10.7. The first kappa shape index (κ1) is 22.8. The molecule has 0 spiro atoms. The average molecular weight is 461 g/mol. The van der Waals surface area contributed by atoms with Crippen LogP contribution in [0.3, 0.4) is 0 Å². The minimum absolute atomic E-state index is 0.0682. The summed E-state index contributed by atoms with van der Waals surface area (Å²) in [5.41, 5.74) is 4.74. The van der Waals surface area contributed by atoms with E-state index in [1.54, 1.807) is 10.6 Å². The molecule has 0 fully saturated rings. The molecule has 174 valence electrons. The van der Waals surface area contributed by atoms with Crippen LogP contribution in [0, 0.1) is 30.9 Å². The molecular weight excluding hydrogens is 438 g/mol. The molecule has 0 atom stereocenters. The van der Waals surface area contributed by atoms with E-state index >= 15 is 0 Å². The summed E-state index contributed by atoms with van der Waals surface area (Å²) in [5, 5.41) is 19.2. The molecule has 10 heteroatoms. The largest absolute Gasteiger partial charge is 0.456 e. The van der Waals surface area contributed by atoms with Gasteiger partial charge in [0.15, 0.2) is 12.3 Å². The summed E-state index contributed by atoms with van der Waals surface area (Å²) in [6, 6.07) is 12.1. The Morgan fingerprint density at radius 2 is 1.88 bits per heavy atom. The highest BCUT2D eigenvalue weighted by Crippen LogP contribution is 2.25. The van der Waals surface area contributed by atoms with E-state index in [0.717, 1.165) is 33.5 Å². The van der Waals surface area contributed by atoms with Crippen LogP contribution >= 0.6 is 0 Å². The molecule has 0 saturated carbocycles. The number of anilines is 1. The van der Waals surface area contributed by atoms with E-state index in [1.165, 1.54) is 19.1 Å². The van der Waals surface area contributed by atoms with Crippen molar-refractivity contribution in [2.45, 2.75) is 33.6 Å². The van der Waals surface area contributed by atoms with Crippen molar-refractivity contribution in [1.29, 1.82) is 0 Å². The first-order valence-electron chi connectivity index (χ1n) is 10.7. The molecule has 10 nitrogen and oxygen atoms in total. The van der Waals surface area contributed by atoms with Crippen LogP contribution in [0.4, 0.5) is 11.4 Å². The van der Waals surface area contributed by atoms with Gasteiger partial charge in [0, 0.05) is 29.3 Å². The SMILES string of the molecule is Cc1nc2c3ccccc3nn2c(C)c1CCC(=O)OCC(=O)Nc1cccc([N+](=O)[O-])c1C. The number of aromatic nitrogens is 3. The van der Waals surface area contributed by atoms with Gasteiger partial charge in [-0.25, -0.2) is 9.50 Å². The zero-order valence-corrected chi connectivity index (χ0v) is 19.0. The van der Waals surface area contributed by atoms with Crippen LogP contribution in [-0.4, -0.2) is 38.0 Å². The van der Waals surface area contributed by atoms with Gasteiger partial charge in [0.25, 0.3) is 11.6 Å². The lowest BCUT2D eigenvalue weighted by Gasteiger charge is -2.11. The second-order valence-corrected chi connectivity index (χ2v) is 7.93. The van der Waals surface area contributed by atoms with E-state index in [1.807, 2.05) is 38.1 Å². The standard InChI is InChI=1S/C24H23N5O5/c1-14-19(9-6-10-21(14)29(32)33)26-22(30)13-34-23(31)12-11-17-15(2)25-24-18-7-4-5-8-20(18)27-28(24)16(17)3/h4-10H,11-13H2,1-3H3,(H,26,30). The molecule has 0 aliphatic heterocycles. The maximum atomic E-state index is 12.3. The summed E-state index contributed by atoms with van der Waals surface area (Å²) < 4.78 is 6.89. The van der Waals surface area contributed by atoms with Gasteiger partial charge in [0.1, 0.15) is 0 Å². The summed E-state index contributed by atoms with van der Waals surface area (Å²) in [4.78, 5) is 39.7. The number of esters is 1. The minimum atomic E-state index is -0.573. The van der Waals surface area contributed by atoms with Crippen molar-refractivity contribution < 1.29 is 19.2 Å². The number of fused-ring (bicyclic) bond motifs is 3. The Kier molecular flexibility index (Phi) is 6.22. The Morgan fingerprint density at radius 1 is 1.12 bits per heavy atom. The zero-order valence-electron chi connectivity index (χ0n) is 19.0. The van der Waals surface area contributed by atoms with Crippen LogP contribution in [-0.2, 0) is 20.7 Å². The quantitative estimate of drug-likeness (QED) is 0.252. The van der Waals surface area contributed by atoms with Gasteiger partial charge < -0.3 is 10.1 Å². The molecule has 0 saturated heterocycles. The number of nitrogens with zero attached hydrogens (tertiary/aromatic N) is 4. The fourth-order valence-electron chi connectivity index (χ4n) is 3.93. The van der Waals surface area contributed by atoms with E-state index in [2.05, 4.69) is 15.4 Å². The molecule has 34 heavy (non-hydrogen) atoms. The topological polar surface area (TPSA) is 129 Å². The number of ether oxygens (including phenoxy) is 1. The lowest BCUT2D eigenvalue weighted by atomic mass is 10.1. The first-order chi connectivity index (χ1) is 16.3. The fraction of sp³-hybridized carbons (Fsp3) is 0.250. The van der Waals surface area contributed by atoms with Crippen molar-refractivity contribution in [3.63, 3.8) is 0 Å². The molecule has 2 aromatic heterocycles. The number of amides is 1. The highest BCUT2D eigenvalue weighted by molar-refractivity contribution is 5.94. The molecule has 0 bridgehead atoms. The Balaban J connectivity index is 1.38. The van der Waals surface area contributed by atoms with E-state index < -0.39 is 23.4 Å². The third-order valence-electron chi connectivity index (χ3n) is 5.74. The van der Waals surface area contributed by atoms with Gasteiger partial charge in [-0.1, -0.05) is 18.2 Å². The van der Waals surface area contributed by atoms with Crippen molar-refractivity contribution in [3.8, 4) is 0 Å². The van der Waals surface area contributed by atoms with E-state index in [-0.39, 0.29) is 12.1 Å². The van der Waals surface area contributed by atoms with Gasteiger partial charge in [-0.05, 0) is 51.0 Å². The second kappa shape index (κ2) is 9.26. The summed E-state index contributed by atoms with van der Waals surface area (Å²) >= 11 is 0. The molecule has 2 aromatic carbocycles. The van der Waals surface area contributed by atoms with Crippen molar-refractivity contribution in [3.05, 3.63) is 75.1 Å². The number of nitro benzene ring substituents is 1. The number of hydrogen-bond acceptors (Lipinski definition) is 7. The zero-order chi connectivity index (χ0) is 24.4. The van der Waals surface area contributed by atoms with Crippen LogP contribution in [0.1, 0.15) is 28.9 Å². The third-order valence-corrected chi connectivity index (χ3v) is 5.74. The highest BCUT2D eigenvalue weighted by atomic mass is 16.6. The van der Waals surface area contributed by atoms with E-state index in [4.69, 9.17) is 4.74 Å². The summed E-state index contributed by atoms with van der Waals surface area (Å²) in [6.45, 7) is 4.88. The van der Waals surface area contributed by atoms with Crippen LogP contribution in [0.2, 0.25) is 0 Å². The Morgan fingerprint density at radius 3 is 2.65 bits per heavy atom. The molecule has 4 aromatic rings. The second-order valence-electron chi connectivity index (χ2n) is 7.93. The summed E-state index contributed by atoms with van der Waals surface area (Å²) in [6.07, 6.45) is 0.458. The molecule has 1 N–H and O–H groups in total. The number of hydrogen-bond donors (Lipinski definition) is 1. The summed E-state index contributed by atoms with van der Waals surface area (Å²) in [7, 11) is 0. The average Bonchev–Trinajstić information content (AvgIpc) is 3.17. The summed E-state index contributed by atoms with van der Waals surface area (Å²) in [5.74, 6) is -1.11. The molecule has 0 radical (unpaired) electrons. The lowest BCUT2D eigenvalue weighted by Crippen LogP contribution is -2.21. The molecule has 4 rings (SSSR count). The highest BCUT2D eigenvalue weighted by Gasteiger charge is 2.17. The molecule has 1 amide bonds. The molecule has 0 aliphatic carbocycles. The molecule has 2 heterocycles. The maximum Gasteiger partial charge on any atom is 0.306 e. The fourth-order valence-corrected chi connectivity index (χ4v) is 3.93. The van der Waals surface area contributed by atoms with Gasteiger partial charge in [-0.15, -0.1) is 0 Å². The minimum Gasteiger partial charge on any atom is -0.456 e. The van der Waals surface area contributed by atoms with Crippen LogP contribution in [0.5, 0.6) is 0 Å². The molecular formula is C24H23N5O5. The maximum absolute atomic E-state index is 12.3. The van der Waals surface area contributed by atoms with E-state index in [9.17, 15) is 19.7 Å². The molecule has 0 unspecified atom stereocenters. The number of nitrogens with one attached hydrogen (secondary N) is 1. The van der Waals surface area contributed by atoms with Crippen LogP contribution < -0.4 is 5.32 Å². The number of benzene rings is 2. The van der Waals surface area contributed by atoms with Gasteiger partial charge in [0.05, 0.1) is 21.7 Å². The van der Waals surface area contributed by atoms with E-state index in [0.29, 0.717) is 17.7 Å². The predicted molar refractivity (Wildman–Crippen MR) is 126 cm³/mol. The van der Waals surface area contributed by atoms with Gasteiger partial charge in [0.2, 0.25) is 0 Å². The van der Waals surface area contributed by atoms with Crippen molar-refractivity contribution in [2.75, 3.05) is 11.9 Å². The third kappa shape index (κ3) is 4.42. The van der Waals surface area contributed by atoms with Crippen LogP contribution in [0.15, 0.2) is 42.5 Å². The Hall–Kier alpha value is -4.34. The number of aryl methyl sites for hydroxylation is 2. The number of carbonyl (C=O) groups excluding carboxylic acids is 2. The lowest BCUT2D eigenvalue weighted by molar-refractivity contribution is -0.385. The normalized spacial score (nSPS) is 11.0. The van der Waals surface area contributed by atoms with Gasteiger partial charge >= 0.3 is 5.97 Å². The monoisotopic (exact) mass is 461 g/mol.